The highest BCUT2D eigenvalue weighted by Gasteiger charge is 2.19. The van der Waals surface area contributed by atoms with Crippen LogP contribution in [0.25, 0.3) is 11.4 Å². The second kappa shape index (κ2) is 10.2. The topological polar surface area (TPSA) is 63.1 Å². The number of amides is 1. The number of anilines is 3. The van der Waals surface area contributed by atoms with Crippen LogP contribution in [0.3, 0.4) is 0 Å². The van der Waals surface area contributed by atoms with Crippen molar-refractivity contribution in [2.75, 3.05) is 16.8 Å². The van der Waals surface area contributed by atoms with Crippen molar-refractivity contribution in [2.45, 2.75) is 27.2 Å². The number of aromatic nitrogens is 3. The molecule has 0 saturated carbocycles. The second-order valence-corrected chi connectivity index (χ2v) is 8.94. The zero-order chi connectivity index (χ0) is 24.2. The first-order chi connectivity index (χ1) is 16.4. The number of hydrogen-bond donors (Lipinski definition) is 1. The van der Waals surface area contributed by atoms with Crippen molar-refractivity contribution in [3.63, 3.8) is 0 Å². The SMILES string of the molecule is CCc1ccccc1N(CC)C(=O)c1ccc(Nc2ncc(Br)c(-c3cccn3C)n2)c(C)c1. The van der Waals surface area contributed by atoms with Crippen molar-refractivity contribution in [1.29, 1.82) is 0 Å². The van der Waals surface area contributed by atoms with Gasteiger partial charge in [0.2, 0.25) is 5.95 Å². The summed E-state index contributed by atoms with van der Waals surface area (Å²) in [6.07, 6.45) is 4.60. The number of carbonyl (C=O) groups is 1. The van der Waals surface area contributed by atoms with Gasteiger partial charge in [0.1, 0.15) is 5.69 Å². The van der Waals surface area contributed by atoms with E-state index in [4.69, 9.17) is 4.98 Å². The van der Waals surface area contributed by atoms with Gasteiger partial charge >= 0.3 is 0 Å². The van der Waals surface area contributed by atoms with Crippen LogP contribution in [0.2, 0.25) is 0 Å². The molecule has 2 aromatic heterocycles. The third-order valence-electron chi connectivity index (χ3n) is 5.88. The molecule has 0 radical (unpaired) electrons. The quantitative estimate of drug-likeness (QED) is 0.302. The van der Waals surface area contributed by atoms with E-state index in [1.54, 1.807) is 6.20 Å². The van der Waals surface area contributed by atoms with Gasteiger partial charge in [-0.05, 0) is 83.7 Å². The van der Waals surface area contributed by atoms with Crippen molar-refractivity contribution in [1.82, 2.24) is 14.5 Å². The number of halogens is 1. The van der Waals surface area contributed by atoms with Crippen molar-refractivity contribution >= 4 is 39.2 Å². The van der Waals surface area contributed by atoms with Crippen LogP contribution in [0.4, 0.5) is 17.3 Å². The molecule has 4 rings (SSSR count). The minimum Gasteiger partial charge on any atom is -0.349 e. The van der Waals surface area contributed by atoms with E-state index in [1.807, 2.05) is 85.1 Å². The Morgan fingerprint density at radius 1 is 1.12 bits per heavy atom. The first-order valence-electron chi connectivity index (χ1n) is 11.3. The Morgan fingerprint density at radius 2 is 1.91 bits per heavy atom. The number of nitrogens with zero attached hydrogens (tertiary/aromatic N) is 4. The number of rotatable bonds is 7. The number of nitrogens with one attached hydrogen (secondary N) is 1. The van der Waals surface area contributed by atoms with E-state index in [-0.39, 0.29) is 5.91 Å². The molecule has 0 fully saturated rings. The Morgan fingerprint density at radius 3 is 2.59 bits per heavy atom. The molecule has 0 unspecified atom stereocenters. The lowest BCUT2D eigenvalue weighted by atomic mass is 10.1. The zero-order valence-corrected chi connectivity index (χ0v) is 21.4. The van der Waals surface area contributed by atoms with Crippen LogP contribution in [0.1, 0.15) is 35.3 Å². The van der Waals surface area contributed by atoms with Gasteiger partial charge in [-0.25, -0.2) is 9.97 Å². The monoisotopic (exact) mass is 517 g/mol. The molecule has 6 nitrogen and oxygen atoms in total. The maximum Gasteiger partial charge on any atom is 0.258 e. The molecule has 0 spiro atoms. The third-order valence-corrected chi connectivity index (χ3v) is 6.46. The van der Waals surface area contributed by atoms with E-state index >= 15 is 0 Å². The number of hydrogen-bond acceptors (Lipinski definition) is 4. The van der Waals surface area contributed by atoms with Gasteiger partial charge in [0, 0.05) is 42.9 Å². The second-order valence-electron chi connectivity index (χ2n) is 8.08. The van der Waals surface area contributed by atoms with Gasteiger partial charge in [0.15, 0.2) is 0 Å². The van der Waals surface area contributed by atoms with E-state index in [0.29, 0.717) is 18.1 Å². The van der Waals surface area contributed by atoms with Crippen LogP contribution in [-0.2, 0) is 13.5 Å². The summed E-state index contributed by atoms with van der Waals surface area (Å²) in [6, 6.07) is 17.8. The Bertz CT molecular complexity index is 1330. The number of carbonyl (C=O) groups excluding carboxylic acids is 1. The standard InChI is InChI=1S/C27H28BrN5O/c1-5-19-10-7-8-11-23(19)33(6-2)26(34)20-13-14-22(18(3)16-20)30-27-29-17-21(28)25(31-27)24-12-9-15-32(24)4/h7-17H,5-6H2,1-4H3,(H,29,30,31). The number of para-hydroxylation sites is 1. The van der Waals surface area contributed by atoms with Crippen LogP contribution < -0.4 is 10.2 Å². The van der Waals surface area contributed by atoms with Crippen molar-refractivity contribution in [3.05, 3.63) is 88.2 Å². The highest BCUT2D eigenvalue weighted by molar-refractivity contribution is 9.10. The molecule has 1 N–H and O–H groups in total. The van der Waals surface area contributed by atoms with Crippen LogP contribution in [0.5, 0.6) is 0 Å². The fourth-order valence-electron chi connectivity index (χ4n) is 4.02. The molecule has 2 heterocycles. The summed E-state index contributed by atoms with van der Waals surface area (Å²) >= 11 is 3.55. The normalized spacial score (nSPS) is 10.9. The summed E-state index contributed by atoms with van der Waals surface area (Å²) in [5, 5.41) is 3.30. The summed E-state index contributed by atoms with van der Waals surface area (Å²) in [6.45, 7) is 6.69. The Labute approximate surface area is 208 Å². The predicted octanol–water partition coefficient (Wildman–Crippen LogP) is 6.53. The first kappa shape index (κ1) is 23.7. The average molecular weight is 518 g/mol. The van der Waals surface area contributed by atoms with Gasteiger partial charge < -0.3 is 14.8 Å². The van der Waals surface area contributed by atoms with Crippen LogP contribution >= 0.6 is 15.9 Å². The van der Waals surface area contributed by atoms with Gasteiger partial charge in [0.25, 0.3) is 5.91 Å². The molecular formula is C27H28BrN5O. The molecule has 0 saturated heterocycles. The van der Waals surface area contributed by atoms with Gasteiger partial charge in [0.05, 0.1) is 10.2 Å². The molecule has 0 aliphatic carbocycles. The number of benzene rings is 2. The van der Waals surface area contributed by atoms with E-state index in [1.165, 1.54) is 0 Å². The molecule has 2 aromatic carbocycles. The van der Waals surface area contributed by atoms with Crippen molar-refractivity contribution < 1.29 is 4.79 Å². The molecule has 7 heteroatoms. The highest BCUT2D eigenvalue weighted by Crippen LogP contribution is 2.29. The van der Waals surface area contributed by atoms with Gasteiger partial charge in [-0.15, -0.1) is 0 Å². The summed E-state index contributed by atoms with van der Waals surface area (Å²) in [4.78, 5) is 24.3. The molecule has 0 atom stereocenters. The minimum atomic E-state index is -0.0102. The molecule has 34 heavy (non-hydrogen) atoms. The predicted molar refractivity (Wildman–Crippen MR) is 142 cm³/mol. The summed E-state index contributed by atoms with van der Waals surface area (Å²) < 4.78 is 2.84. The number of aryl methyl sites for hydroxylation is 3. The molecule has 4 aromatic rings. The third kappa shape index (κ3) is 4.75. The minimum absolute atomic E-state index is 0.0102. The summed E-state index contributed by atoms with van der Waals surface area (Å²) in [5.41, 5.74) is 6.37. The summed E-state index contributed by atoms with van der Waals surface area (Å²) in [5.74, 6) is 0.484. The van der Waals surface area contributed by atoms with E-state index in [2.05, 4.69) is 39.2 Å². The van der Waals surface area contributed by atoms with Gasteiger partial charge in [-0.3, -0.25) is 4.79 Å². The molecular weight excluding hydrogens is 490 g/mol. The van der Waals surface area contributed by atoms with Crippen LogP contribution in [-0.4, -0.2) is 27.0 Å². The van der Waals surface area contributed by atoms with Crippen molar-refractivity contribution in [2.24, 2.45) is 7.05 Å². The lowest BCUT2D eigenvalue weighted by Gasteiger charge is -2.24. The fraction of sp³-hybridized carbons (Fsp3) is 0.222. The van der Waals surface area contributed by atoms with Crippen LogP contribution in [0.15, 0.2) is 71.5 Å². The Balaban J connectivity index is 1.59. The lowest BCUT2D eigenvalue weighted by Crippen LogP contribution is -2.31. The average Bonchev–Trinajstić information content (AvgIpc) is 3.27. The Hall–Kier alpha value is -3.45. The Kier molecular flexibility index (Phi) is 7.12. The highest BCUT2D eigenvalue weighted by atomic mass is 79.9. The van der Waals surface area contributed by atoms with Gasteiger partial charge in [-0.1, -0.05) is 25.1 Å². The molecule has 0 aliphatic heterocycles. The zero-order valence-electron chi connectivity index (χ0n) is 19.8. The molecule has 174 valence electrons. The summed E-state index contributed by atoms with van der Waals surface area (Å²) in [7, 11) is 1.98. The smallest absolute Gasteiger partial charge is 0.258 e. The molecule has 0 aliphatic rings. The van der Waals surface area contributed by atoms with E-state index in [9.17, 15) is 4.79 Å². The maximum absolute atomic E-state index is 13.4. The molecule has 0 bridgehead atoms. The fourth-order valence-corrected chi connectivity index (χ4v) is 4.42. The first-order valence-corrected chi connectivity index (χ1v) is 12.1. The van der Waals surface area contributed by atoms with Crippen molar-refractivity contribution in [3.8, 4) is 11.4 Å². The molecule has 1 amide bonds. The lowest BCUT2D eigenvalue weighted by molar-refractivity contribution is 0.0988. The van der Waals surface area contributed by atoms with Crippen LogP contribution in [0, 0.1) is 6.92 Å². The maximum atomic E-state index is 13.4. The van der Waals surface area contributed by atoms with Gasteiger partial charge in [-0.2, -0.15) is 0 Å². The van der Waals surface area contributed by atoms with E-state index in [0.717, 1.165) is 44.8 Å². The largest absolute Gasteiger partial charge is 0.349 e. The van der Waals surface area contributed by atoms with E-state index < -0.39 is 0 Å².